The van der Waals surface area contributed by atoms with E-state index >= 15 is 0 Å². The van der Waals surface area contributed by atoms with Crippen molar-refractivity contribution in [2.45, 2.75) is 0 Å². The zero-order valence-electron chi connectivity index (χ0n) is 7.07. The Morgan fingerprint density at radius 2 is 2.21 bits per heavy atom. The molecule has 1 aromatic carbocycles. The van der Waals surface area contributed by atoms with Crippen molar-refractivity contribution in [1.82, 2.24) is 10.0 Å². The van der Waals surface area contributed by atoms with Gasteiger partial charge in [0.2, 0.25) is 0 Å². The zero-order valence-corrected chi connectivity index (χ0v) is 8.65. The molecule has 72 valence electrons. The smallest absolute Gasteiger partial charge is 0.287 e. The molecule has 0 bridgehead atoms. The van der Waals surface area contributed by atoms with E-state index in [2.05, 4.69) is 15.9 Å². The molecule has 1 aromatic heterocycles. The van der Waals surface area contributed by atoms with Crippen LogP contribution in [0.1, 0.15) is 0 Å². The minimum Gasteiger partial charge on any atom is -0.287 e. The lowest BCUT2D eigenvalue weighted by atomic mass is 10.2. The van der Waals surface area contributed by atoms with E-state index in [0.717, 1.165) is 15.4 Å². The molecule has 0 aliphatic heterocycles. The van der Waals surface area contributed by atoms with Crippen LogP contribution in [0.4, 0.5) is 4.79 Å². The molecule has 0 aliphatic carbocycles. The van der Waals surface area contributed by atoms with Crippen LogP contribution in [0.5, 0.6) is 0 Å². The number of aromatic nitrogens is 1. The third kappa shape index (κ3) is 1.40. The molecule has 2 rings (SSSR count). The number of nitrogens with one attached hydrogen (secondary N) is 1. The number of benzene rings is 1. The molecule has 0 saturated carbocycles. The van der Waals surface area contributed by atoms with Gasteiger partial charge in [0, 0.05) is 16.1 Å². The number of hydrogen-bond donors (Lipinski definition) is 2. The highest BCUT2D eigenvalue weighted by Crippen LogP contribution is 2.20. The second-order valence-electron chi connectivity index (χ2n) is 2.81. The maximum absolute atomic E-state index is 11.2. The van der Waals surface area contributed by atoms with Crippen molar-refractivity contribution in [3.05, 3.63) is 34.9 Å². The van der Waals surface area contributed by atoms with Crippen molar-refractivity contribution < 1.29 is 10.0 Å². The summed E-state index contributed by atoms with van der Waals surface area (Å²) in [4.78, 5) is 11.2. The average Bonchev–Trinajstić information content (AvgIpc) is 2.59. The van der Waals surface area contributed by atoms with Crippen LogP contribution in [-0.4, -0.2) is 15.8 Å². The summed E-state index contributed by atoms with van der Waals surface area (Å²) in [5.74, 6) is 0. The van der Waals surface area contributed by atoms with Crippen molar-refractivity contribution in [2.24, 2.45) is 0 Å². The molecule has 0 atom stereocenters. The number of hydrogen-bond acceptors (Lipinski definition) is 2. The molecule has 2 N–H and O–H groups in total. The second-order valence-corrected chi connectivity index (χ2v) is 3.72. The molecule has 0 aliphatic rings. The zero-order chi connectivity index (χ0) is 10.1. The van der Waals surface area contributed by atoms with Crippen LogP contribution < -0.4 is 5.48 Å². The molecule has 5 heteroatoms. The third-order valence-corrected chi connectivity index (χ3v) is 2.46. The number of rotatable bonds is 0. The lowest BCUT2D eigenvalue weighted by Gasteiger charge is -2.01. The predicted molar refractivity (Wildman–Crippen MR) is 55.4 cm³/mol. The van der Waals surface area contributed by atoms with Crippen molar-refractivity contribution in [2.75, 3.05) is 0 Å². The molecule has 14 heavy (non-hydrogen) atoms. The molecule has 0 spiro atoms. The molecule has 1 amide bonds. The second kappa shape index (κ2) is 3.43. The molecular formula is C9H7BrN2O2. The quantitative estimate of drug-likeness (QED) is 0.560. The molecule has 2 aromatic rings. The van der Waals surface area contributed by atoms with Crippen molar-refractivity contribution in [3.8, 4) is 0 Å². The van der Waals surface area contributed by atoms with Gasteiger partial charge in [0.25, 0.3) is 0 Å². The standard InChI is InChI=1S/C9H7BrN2O2/c10-7-1-2-8-6(5-7)3-4-12(8)9(13)11-14/h1-5,14H,(H,11,13). The molecule has 1 heterocycles. The Balaban J connectivity index is 2.64. The number of halogens is 1. The molecule has 0 fully saturated rings. The van der Waals surface area contributed by atoms with Gasteiger partial charge in [0.1, 0.15) is 0 Å². The fourth-order valence-corrected chi connectivity index (χ4v) is 1.72. The van der Waals surface area contributed by atoms with Crippen LogP contribution in [0.2, 0.25) is 0 Å². The lowest BCUT2D eigenvalue weighted by molar-refractivity contribution is 0.163. The molecular weight excluding hydrogens is 248 g/mol. The summed E-state index contributed by atoms with van der Waals surface area (Å²) in [6.45, 7) is 0. The summed E-state index contributed by atoms with van der Waals surface area (Å²) < 4.78 is 2.29. The first kappa shape index (κ1) is 9.23. The monoisotopic (exact) mass is 254 g/mol. The van der Waals surface area contributed by atoms with E-state index in [-0.39, 0.29) is 0 Å². The minimum atomic E-state index is -0.567. The van der Waals surface area contributed by atoms with Gasteiger partial charge in [-0.15, -0.1) is 0 Å². The first-order valence-electron chi connectivity index (χ1n) is 3.93. The van der Waals surface area contributed by atoms with Crippen molar-refractivity contribution >= 4 is 32.9 Å². The lowest BCUT2D eigenvalue weighted by Crippen LogP contribution is -2.24. The Bertz CT molecular complexity index is 493. The fourth-order valence-electron chi connectivity index (χ4n) is 1.34. The van der Waals surface area contributed by atoms with E-state index in [1.54, 1.807) is 23.8 Å². The van der Waals surface area contributed by atoms with Crippen LogP contribution >= 0.6 is 15.9 Å². The van der Waals surface area contributed by atoms with Gasteiger partial charge in [-0.25, -0.2) is 10.3 Å². The summed E-state index contributed by atoms with van der Waals surface area (Å²) in [6, 6.07) is 6.77. The number of nitrogens with zero attached hydrogens (tertiary/aromatic N) is 1. The van der Waals surface area contributed by atoms with Gasteiger partial charge in [0.05, 0.1) is 5.52 Å². The van der Waals surface area contributed by atoms with Crippen LogP contribution in [-0.2, 0) is 0 Å². The van der Waals surface area contributed by atoms with Gasteiger partial charge in [-0.2, -0.15) is 0 Å². The number of amides is 1. The largest absolute Gasteiger partial charge is 0.349 e. The SMILES string of the molecule is O=C(NO)n1ccc2cc(Br)ccc21. The summed E-state index contributed by atoms with van der Waals surface area (Å²) >= 11 is 3.34. The normalized spacial score (nSPS) is 10.4. The summed E-state index contributed by atoms with van der Waals surface area (Å²) in [5, 5.41) is 9.42. The molecule has 0 radical (unpaired) electrons. The average molecular weight is 255 g/mol. The van der Waals surface area contributed by atoms with E-state index in [9.17, 15) is 4.79 Å². The van der Waals surface area contributed by atoms with Gasteiger partial charge in [-0.05, 0) is 24.3 Å². The third-order valence-electron chi connectivity index (χ3n) is 1.97. The van der Waals surface area contributed by atoms with Gasteiger partial charge in [0.15, 0.2) is 0 Å². The number of carbonyl (C=O) groups excluding carboxylic acids is 1. The summed E-state index contributed by atoms with van der Waals surface area (Å²) in [6.07, 6.45) is 1.60. The minimum absolute atomic E-state index is 0.567. The van der Waals surface area contributed by atoms with Crippen LogP contribution in [0, 0.1) is 0 Å². The highest BCUT2D eigenvalue weighted by Gasteiger charge is 2.06. The maximum Gasteiger partial charge on any atom is 0.349 e. The van der Waals surface area contributed by atoms with E-state index in [1.807, 2.05) is 12.1 Å². The first-order chi connectivity index (χ1) is 6.72. The van der Waals surface area contributed by atoms with E-state index in [0.29, 0.717) is 0 Å². The van der Waals surface area contributed by atoms with Gasteiger partial charge < -0.3 is 0 Å². The molecule has 0 saturated heterocycles. The fraction of sp³-hybridized carbons (Fsp3) is 0. The van der Waals surface area contributed by atoms with Gasteiger partial charge in [-0.1, -0.05) is 15.9 Å². The van der Waals surface area contributed by atoms with Gasteiger partial charge >= 0.3 is 6.03 Å². The highest BCUT2D eigenvalue weighted by atomic mass is 79.9. The highest BCUT2D eigenvalue weighted by molar-refractivity contribution is 9.10. The first-order valence-corrected chi connectivity index (χ1v) is 4.73. The Labute approximate surface area is 88.2 Å². The van der Waals surface area contributed by atoms with Crippen molar-refractivity contribution in [3.63, 3.8) is 0 Å². The molecule has 0 unspecified atom stereocenters. The topological polar surface area (TPSA) is 54.3 Å². The van der Waals surface area contributed by atoms with Crippen LogP contribution in [0.25, 0.3) is 10.9 Å². The number of fused-ring (bicyclic) bond motifs is 1. The van der Waals surface area contributed by atoms with E-state index in [4.69, 9.17) is 5.21 Å². The van der Waals surface area contributed by atoms with E-state index < -0.39 is 6.03 Å². The number of hydroxylamine groups is 1. The Hall–Kier alpha value is -1.33. The van der Waals surface area contributed by atoms with Crippen molar-refractivity contribution in [1.29, 1.82) is 0 Å². The Kier molecular flexibility index (Phi) is 2.26. The Morgan fingerprint density at radius 1 is 1.43 bits per heavy atom. The predicted octanol–water partition coefficient (Wildman–Crippen LogP) is 2.35. The van der Waals surface area contributed by atoms with E-state index in [1.165, 1.54) is 4.57 Å². The Morgan fingerprint density at radius 3 is 2.93 bits per heavy atom. The molecule has 4 nitrogen and oxygen atoms in total. The van der Waals surface area contributed by atoms with Crippen LogP contribution in [0.3, 0.4) is 0 Å². The van der Waals surface area contributed by atoms with Gasteiger partial charge in [-0.3, -0.25) is 9.77 Å². The maximum atomic E-state index is 11.2. The summed E-state index contributed by atoms with van der Waals surface area (Å²) in [5.41, 5.74) is 2.34. The number of carbonyl (C=O) groups is 1. The van der Waals surface area contributed by atoms with Crippen LogP contribution in [0.15, 0.2) is 34.9 Å². The summed E-state index contributed by atoms with van der Waals surface area (Å²) in [7, 11) is 0.